The van der Waals surface area contributed by atoms with E-state index in [2.05, 4.69) is 20.6 Å². The average Bonchev–Trinajstić information content (AvgIpc) is 2.86. The molecule has 0 aromatic carbocycles. The number of ether oxygens (including phenoxy) is 1. The van der Waals surface area contributed by atoms with Gasteiger partial charge < -0.3 is 20.8 Å². The summed E-state index contributed by atoms with van der Waals surface area (Å²) in [5.74, 6) is -0.408. The zero-order valence-corrected chi connectivity index (χ0v) is 11.4. The van der Waals surface area contributed by atoms with Gasteiger partial charge in [-0.3, -0.25) is 14.9 Å². The smallest absolute Gasteiger partial charge is 0.268 e. The van der Waals surface area contributed by atoms with Crippen molar-refractivity contribution in [3.63, 3.8) is 0 Å². The first kappa shape index (κ1) is 13.4. The van der Waals surface area contributed by atoms with Gasteiger partial charge >= 0.3 is 0 Å². The first-order valence-corrected chi connectivity index (χ1v) is 6.46. The lowest BCUT2D eigenvalue weighted by molar-refractivity contribution is -0.119. The number of hydrogen-bond acceptors (Lipinski definition) is 5. The second-order valence-corrected chi connectivity index (χ2v) is 4.78. The van der Waals surface area contributed by atoms with Crippen molar-refractivity contribution in [1.29, 1.82) is 0 Å². The minimum Gasteiger partial charge on any atom is -0.375 e. The molecule has 3 heterocycles. The van der Waals surface area contributed by atoms with Crippen LogP contribution in [0.4, 0.5) is 0 Å². The van der Waals surface area contributed by atoms with E-state index in [0.29, 0.717) is 29.1 Å². The predicted molar refractivity (Wildman–Crippen MR) is 75.2 cm³/mol. The van der Waals surface area contributed by atoms with Crippen molar-refractivity contribution >= 4 is 23.3 Å². The molecule has 0 saturated carbocycles. The van der Waals surface area contributed by atoms with E-state index in [9.17, 15) is 9.59 Å². The molecule has 2 amide bonds. The van der Waals surface area contributed by atoms with E-state index in [1.807, 2.05) is 0 Å². The van der Waals surface area contributed by atoms with E-state index in [1.54, 1.807) is 19.4 Å². The Balaban J connectivity index is 2.21. The first-order chi connectivity index (χ1) is 10.1. The quantitative estimate of drug-likeness (QED) is 0.547. The minimum atomic E-state index is -0.400. The molecule has 1 aromatic rings. The fourth-order valence-corrected chi connectivity index (χ4v) is 2.58. The van der Waals surface area contributed by atoms with Crippen molar-refractivity contribution in [2.75, 3.05) is 13.7 Å². The van der Waals surface area contributed by atoms with Crippen LogP contribution in [0.1, 0.15) is 22.5 Å². The largest absolute Gasteiger partial charge is 0.375 e. The van der Waals surface area contributed by atoms with Gasteiger partial charge in [0.2, 0.25) is 5.91 Å². The number of aromatic amines is 1. The molecule has 2 aliphatic rings. The van der Waals surface area contributed by atoms with Crippen LogP contribution in [0, 0.1) is 0 Å². The summed E-state index contributed by atoms with van der Waals surface area (Å²) in [6, 6.07) is 1.77. The van der Waals surface area contributed by atoms with E-state index >= 15 is 0 Å². The molecule has 8 nitrogen and oxygen atoms in total. The predicted octanol–water partition coefficient (Wildman–Crippen LogP) is -0.681. The monoisotopic (exact) mass is 289 g/mol. The molecule has 0 spiro atoms. The molecule has 2 aliphatic heterocycles. The highest BCUT2D eigenvalue weighted by Gasteiger charge is 2.31. The van der Waals surface area contributed by atoms with E-state index in [0.717, 1.165) is 0 Å². The zero-order valence-electron chi connectivity index (χ0n) is 11.4. The summed E-state index contributed by atoms with van der Waals surface area (Å²) in [4.78, 5) is 30.8. The van der Waals surface area contributed by atoms with Crippen LogP contribution in [-0.2, 0) is 9.53 Å². The molecule has 110 valence electrons. The Kier molecular flexibility index (Phi) is 3.22. The summed E-state index contributed by atoms with van der Waals surface area (Å²) in [7, 11) is 1.55. The highest BCUT2D eigenvalue weighted by Crippen LogP contribution is 2.31. The number of nitrogens with zero attached hydrogens (tertiary/aromatic N) is 1. The third kappa shape index (κ3) is 2.29. The molecule has 5 N–H and O–H groups in total. The highest BCUT2D eigenvalue weighted by atomic mass is 16.5. The Bertz CT molecular complexity index is 673. The molecule has 0 saturated heterocycles. The van der Waals surface area contributed by atoms with Gasteiger partial charge in [0.25, 0.3) is 5.91 Å². The lowest BCUT2D eigenvalue weighted by atomic mass is 9.97. The number of nitrogens with one attached hydrogen (secondary N) is 3. The van der Waals surface area contributed by atoms with E-state index in [1.165, 1.54) is 0 Å². The van der Waals surface area contributed by atoms with Crippen LogP contribution in [-0.4, -0.2) is 42.5 Å². The molecule has 0 bridgehead atoms. The van der Waals surface area contributed by atoms with Crippen molar-refractivity contribution in [2.45, 2.75) is 12.5 Å². The summed E-state index contributed by atoms with van der Waals surface area (Å²) in [6.45, 7) is 0.299. The second-order valence-electron chi connectivity index (χ2n) is 4.78. The number of amides is 2. The van der Waals surface area contributed by atoms with Crippen molar-refractivity contribution in [3.8, 4) is 0 Å². The van der Waals surface area contributed by atoms with E-state index in [-0.39, 0.29) is 24.2 Å². The standard InChI is InChI=1S/C13H15N5O3/c1-21-8-5-16-12(20)11-6(2-3-15-11)10(8)7-4-9(19)18-13(14)17-7/h2-3,8,15H,4-5H2,1H3,(H,16,20)(H3,14,17,18,19)/b10-7+. The molecule has 1 atom stereocenters. The van der Waals surface area contributed by atoms with Gasteiger partial charge in [0.1, 0.15) is 11.8 Å². The van der Waals surface area contributed by atoms with Crippen molar-refractivity contribution in [2.24, 2.45) is 10.7 Å². The highest BCUT2D eigenvalue weighted by molar-refractivity contribution is 6.04. The summed E-state index contributed by atoms with van der Waals surface area (Å²) in [6.07, 6.45) is 1.36. The van der Waals surface area contributed by atoms with Gasteiger partial charge in [-0.2, -0.15) is 0 Å². The summed E-state index contributed by atoms with van der Waals surface area (Å²) in [5.41, 5.74) is 7.94. The molecule has 0 aliphatic carbocycles. The third-order valence-corrected chi connectivity index (χ3v) is 3.48. The van der Waals surface area contributed by atoms with Crippen LogP contribution in [0.25, 0.3) is 5.57 Å². The van der Waals surface area contributed by atoms with Gasteiger partial charge in [-0.25, -0.2) is 4.99 Å². The molecular weight excluding hydrogens is 274 g/mol. The lowest BCUT2D eigenvalue weighted by Crippen LogP contribution is -2.40. The first-order valence-electron chi connectivity index (χ1n) is 6.46. The fraction of sp³-hybridized carbons (Fsp3) is 0.308. The molecule has 1 unspecified atom stereocenters. The van der Waals surface area contributed by atoms with Gasteiger partial charge in [0.05, 0.1) is 12.1 Å². The van der Waals surface area contributed by atoms with Crippen LogP contribution in [0.5, 0.6) is 0 Å². The van der Waals surface area contributed by atoms with Gasteiger partial charge in [0, 0.05) is 31.0 Å². The molecule has 0 fully saturated rings. The maximum atomic E-state index is 12.0. The topological polar surface area (TPSA) is 122 Å². The number of fused-ring (bicyclic) bond motifs is 1. The number of hydrogen-bond donors (Lipinski definition) is 4. The molecule has 1 aromatic heterocycles. The van der Waals surface area contributed by atoms with Crippen LogP contribution in [0.15, 0.2) is 23.0 Å². The minimum absolute atomic E-state index is 0.0456. The molecular formula is C13H15N5O3. The third-order valence-electron chi connectivity index (χ3n) is 3.48. The van der Waals surface area contributed by atoms with Crippen LogP contribution in [0.3, 0.4) is 0 Å². The average molecular weight is 289 g/mol. The number of guanidine groups is 1. The molecule has 3 rings (SSSR count). The number of nitrogens with two attached hydrogens (primary N) is 1. The Labute approximate surface area is 120 Å². The lowest BCUT2D eigenvalue weighted by Gasteiger charge is -2.21. The van der Waals surface area contributed by atoms with Crippen LogP contribution >= 0.6 is 0 Å². The molecule has 8 heteroatoms. The normalized spacial score (nSPS) is 25.6. The number of rotatable bonds is 1. The second kappa shape index (κ2) is 5.06. The van der Waals surface area contributed by atoms with E-state index in [4.69, 9.17) is 10.5 Å². The number of carbonyl (C=O) groups is 2. The number of methoxy groups -OCH3 is 1. The van der Waals surface area contributed by atoms with Crippen molar-refractivity contribution < 1.29 is 14.3 Å². The Morgan fingerprint density at radius 2 is 2.24 bits per heavy atom. The van der Waals surface area contributed by atoms with Crippen LogP contribution < -0.4 is 16.4 Å². The Morgan fingerprint density at radius 1 is 1.43 bits per heavy atom. The number of aromatic nitrogens is 1. The Morgan fingerprint density at radius 3 is 2.95 bits per heavy atom. The van der Waals surface area contributed by atoms with E-state index < -0.39 is 6.10 Å². The van der Waals surface area contributed by atoms with Gasteiger partial charge in [-0.15, -0.1) is 0 Å². The van der Waals surface area contributed by atoms with Crippen molar-refractivity contribution in [3.05, 3.63) is 29.2 Å². The fourth-order valence-electron chi connectivity index (χ4n) is 2.58. The zero-order chi connectivity index (χ0) is 15.0. The SMILES string of the molecule is COC1CNC(=O)c2[nH]ccc2/C1=C1/CC(=O)NC(N)=N1. The number of carbonyl (C=O) groups excluding carboxylic acids is 2. The summed E-state index contributed by atoms with van der Waals surface area (Å²) >= 11 is 0. The number of H-pyrrole nitrogens is 1. The van der Waals surface area contributed by atoms with Gasteiger partial charge in [0.15, 0.2) is 5.96 Å². The summed E-state index contributed by atoms with van der Waals surface area (Å²) in [5, 5.41) is 5.22. The maximum Gasteiger partial charge on any atom is 0.268 e. The number of aliphatic imine (C=N–C) groups is 1. The van der Waals surface area contributed by atoms with Gasteiger partial charge in [-0.1, -0.05) is 0 Å². The Hall–Kier alpha value is -2.61. The molecule has 21 heavy (non-hydrogen) atoms. The summed E-state index contributed by atoms with van der Waals surface area (Å²) < 4.78 is 5.45. The van der Waals surface area contributed by atoms with Crippen LogP contribution in [0.2, 0.25) is 0 Å². The molecule has 0 radical (unpaired) electrons. The van der Waals surface area contributed by atoms with Gasteiger partial charge in [-0.05, 0) is 6.07 Å². The van der Waals surface area contributed by atoms with Crippen molar-refractivity contribution in [1.82, 2.24) is 15.6 Å². The maximum absolute atomic E-state index is 12.0.